The first-order valence-corrected chi connectivity index (χ1v) is 6.86. The SMILES string of the molecule is CCOc1cc(C)cc(C)c1CN1CCNCC1. The number of nitrogens with one attached hydrogen (secondary N) is 1. The molecule has 0 amide bonds. The lowest BCUT2D eigenvalue weighted by Gasteiger charge is -2.28. The maximum absolute atomic E-state index is 5.80. The van der Waals surface area contributed by atoms with E-state index >= 15 is 0 Å². The lowest BCUT2D eigenvalue weighted by Crippen LogP contribution is -2.43. The molecule has 0 atom stereocenters. The van der Waals surface area contributed by atoms with Crippen LogP contribution in [0, 0.1) is 13.8 Å². The van der Waals surface area contributed by atoms with Crippen LogP contribution in [-0.2, 0) is 6.54 Å². The highest BCUT2D eigenvalue weighted by molar-refractivity contribution is 5.43. The number of aryl methyl sites for hydroxylation is 2. The summed E-state index contributed by atoms with van der Waals surface area (Å²) >= 11 is 0. The van der Waals surface area contributed by atoms with Crippen LogP contribution in [0.4, 0.5) is 0 Å². The molecule has 0 aliphatic carbocycles. The zero-order valence-corrected chi connectivity index (χ0v) is 11.8. The number of rotatable bonds is 4. The van der Waals surface area contributed by atoms with Crippen molar-refractivity contribution in [2.24, 2.45) is 0 Å². The molecule has 1 N–H and O–H groups in total. The highest BCUT2D eigenvalue weighted by atomic mass is 16.5. The van der Waals surface area contributed by atoms with E-state index in [-0.39, 0.29) is 0 Å². The molecule has 3 heteroatoms. The lowest BCUT2D eigenvalue weighted by atomic mass is 10.0. The molecule has 0 aromatic heterocycles. The van der Waals surface area contributed by atoms with Crippen molar-refractivity contribution in [2.45, 2.75) is 27.3 Å². The van der Waals surface area contributed by atoms with Gasteiger partial charge in [0.1, 0.15) is 5.75 Å². The van der Waals surface area contributed by atoms with Gasteiger partial charge in [0.25, 0.3) is 0 Å². The average molecular weight is 248 g/mol. The van der Waals surface area contributed by atoms with Crippen molar-refractivity contribution < 1.29 is 4.74 Å². The second kappa shape index (κ2) is 6.21. The van der Waals surface area contributed by atoms with Gasteiger partial charge in [0.05, 0.1) is 6.61 Å². The first-order valence-electron chi connectivity index (χ1n) is 6.86. The van der Waals surface area contributed by atoms with Crippen molar-refractivity contribution in [3.05, 3.63) is 28.8 Å². The minimum Gasteiger partial charge on any atom is -0.494 e. The van der Waals surface area contributed by atoms with Crippen LogP contribution in [0.1, 0.15) is 23.6 Å². The standard InChI is InChI=1S/C15H24N2O/c1-4-18-15-10-12(2)9-13(3)14(15)11-17-7-5-16-6-8-17/h9-10,16H,4-8,11H2,1-3H3. The van der Waals surface area contributed by atoms with Crippen LogP contribution in [0.2, 0.25) is 0 Å². The maximum atomic E-state index is 5.80. The summed E-state index contributed by atoms with van der Waals surface area (Å²) in [7, 11) is 0. The fraction of sp³-hybridized carbons (Fsp3) is 0.600. The minimum atomic E-state index is 0.734. The number of piperazine rings is 1. The Balaban J connectivity index is 2.18. The highest BCUT2D eigenvalue weighted by Crippen LogP contribution is 2.26. The van der Waals surface area contributed by atoms with Crippen molar-refractivity contribution in [2.75, 3.05) is 32.8 Å². The van der Waals surface area contributed by atoms with E-state index < -0.39 is 0 Å². The first-order chi connectivity index (χ1) is 8.70. The summed E-state index contributed by atoms with van der Waals surface area (Å²) in [6, 6.07) is 4.41. The Morgan fingerprint density at radius 1 is 1.22 bits per heavy atom. The molecule has 3 nitrogen and oxygen atoms in total. The summed E-state index contributed by atoms with van der Waals surface area (Å²) in [5.74, 6) is 1.06. The second-order valence-electron chi connectivity index (χ2n) is 5.02. The third-order valence-electron chi connectivity index (χ3n) is 3.47. The Morgan fingerprint density at radius 2 is 1.94 bits per heavy atom. The number of benzene rings is 1. The zero-order valence-electron chi connectivity index (χ0n) is 11.8. The third kappa shape index (κ3) is 3.24. The van der Waals surface area contributed by atoms with Crippen molar-refractivity contribution in [1.29, 1.82) is 0 Å². The van der Waals surface area contributed by atoms with Crippen LogP contribution in [0.15, 0.2) is 12.1 Å². The van der Waals surface area contributed by atoms with E-state index in [9.17, 15) is 0 Å². The van der Waals surface area contributed by atoms with Crippen LogP contribution < -0.4 is 10.1 Å². The van der Waals surface area contributed by atoms with E-state index in [2.05, 4.69) is 36.2 Å². The van der Waals surface area contributed by atoms with Gasteiger partial charge in [0.15, 0.2) is 0 Å². The van der Waals surface area contributed by atoms with Crippen LogP contribution in [-0.4, -0.2) is 37.7 Å². The number of nitrogens with zero attached hydrogens (tertiary/aromatic N) is 1. The summed E-state index contributed by atoms with van der Waals surface area (Å²) in [5.41, 5.74) is 3.97. The molecule has 1 heterocycles. The molecular weight excluding hydrogens is 224 g/mol. The smallest absolute Gasteiger partial charge is 0.124 e. The van der Waals surface area contributed by atoms with Crippen molar-refractivity contribution in [3.63, 3.8) is 0 Å². The van der Waals surface area contributed by atoms with Gasteiger partial charge in [-0.15, -0.1) is 0 Å². The molecule has 0 bridgehead atoms. The van der Waals surface area contributed by atoms with Crippen LogP contribution in [0.3, 0.4) is 0 Å². The van der Waals surface area contributed by atoms with Gasteiger partial charge >= 0.3 is 0 Å². The molecule has 0 saturated carbocycles. The largest absolute Gasteiger partial charge is 0.494 e. The van der Waals surface area contributed by atoms with Crippen LogP contribution in [0.25, 0.3) is 0 Å². The van der Waals surface area contributed by atoms with Gasteiger partial charge in [-0.1, -0.05) is 6.07 Å². The van der Waals surface area contributed by atoms with Gasteiger partial charge in [0, 0.05) is 38.3 Å². The Hall–Kier alpha value is -1.06. The van der Waals surface area contributed by atoms with Crippen molar-refractivity contribution in [3.8, 4) is 5.75 Å². The van der Waals surface area contributed by atoms with Gasteiger partial charge in [-0.25, -0.2) is 0 Å². The minimum absolute atomic E-state index is 0.734. The summed E-state index contributed by atoms with van der Waals surface area (Å²) in [6.07, 6.45) is 0. The predicted octanol–water partition coefficient (Wildman–Crippen LogP) is 2.11. The number of hydrogen-bond donors (Lipinski definition) is 1. The van der Waals surface area contributed by atoms with E-state index in [1.54, 1.807) is 0 Å². The van der Waals surface area contributed by atoms with Crippen LogP contribution in [0.5, 0.6) is 5.75 Å². The molecule has 18 heavy (non-hydrogen) atoms. The molecule has 0 spiro atoms. The maximum Gasteiger partial charge on any atom is 0.124 e. The summed E-state index contributed by atoms with van der Waals surface area (Å²) < 4.78 is 5.80. The van der Waals surface area contributed by atoms with E-state index in [4.69, 9.17) is 4.74 Å². The quantitative estimate of drug-likeness (QED) is 0.883. The topological polar surface area (TPSA) is 24.5 Å². The number of hydrogen-bond acceptors (Lipinski definition) is 3. The van der Waals surface area contributed by atoms with E-state index in [1.807, 2.05) is 6.92 Å². The fourth-order valence-corrected chi connectivity index (χ4v) is 2.54. The summed E-state index contributed by atoms with van der Waals surface area (Å²) in [5, 5.41) is 3.39. The first kappa shape index (κ1) is 13.4. The van der Waals surface area contributed by atoms with Gasteiger partial charge in [-0.2, -0.15) is 0 Å². The monoisotopic (exact) mass is 248 g/mol. The molecule has 1 saturated heterocycles. The molecule has 1 aromatic carbocycles. The van der Waals surface area contributed by atoms with E-state index in [1.165, 1.54) is 16.7 Å². The lowest BCUT2D eigenvalue weighted by molar-refractivity contribution is 0.228. The molecule has 1 aromatic rings. The summed E-state index contributed by atoms with van der Waals surface area (Å²) in [4.78, 5) is 2.50. The molecule has 1 aliphatic heterocycles. The Morgan fingerprint density at radius 3 is 2.61 bits per heavy atom. The van der Waals surface area contributed by atoms with Gasteiger partial charge in [0.2, 0.25) is 0 Å². The fourth-order valence-electron chi connectivity index (χ4n) is 2.54. The Kier molecular flexibility index (Phi) is 4.61. The molecular formula is C15H24N2O. The Bertz CT molecular complexity index is 398. The van der Waals surface area contributed by atoms with Crippen molar-refractivity contribution >= 4 is 0 Å². The average Bonchev–Trinajstić information content (AvgIpc) is 2.35. The molecule has 0 unspecified atom stereocenters. The van der Waals surface area contributed by atoms with Gasteiger partial charge in [-0.05, 0) is 38.0 Å². The zero-order chi connectivity index (χ0) is 13.0. The van der Waals surface area contributed by atoms with Gasteiger partial charge < -0.3 is 10.1 Å². The van der Waals surface area contributed by atoms with E-state index in [0.29, 0.717) is 0 Å². The number of ether oxygens (including phenoxy) is 1. The van der Waals surface area contributed by atoms with E-state index in [0.717, 1.165) is 45.1 Å². The predicted molar refractivity (Wildman–Crippen MR) is 75.2 cm³/mol. The normalized spacial score (nSPS) is 16.8. The van der Waals surface area contributed by atoms with Crippen molar-refractivity contribution in [1.82, 2.24) is 10.2 Å². The summed E-state index contributed by atoms with van der Waals surface area (Å²) in [6.45, 7) is 12.5. The molecule has 1 fully saturated rings. The Labute approximate surface area is 110 Å². The van der Waals surface area contributed by atoms with Crippen LogP contribution >= 0.6 is 0 Å². The molecule has 2 rings (SSSR count). The third-order valence-corrected chi connectivity index (χ3v) is 3.47. The second-order valence-corrected chi connectivity index (χ2v) is 5.02. The highest BCUT2D eigenvalue weighted by Gasteiger charge is 2.15. The molecule has 0 radical (unpaired) electrons. The molecule has 100 valence electrons. The molecule has 1 aliphatic rings. The van der Waals surface area contributed by atoms with Gasteiger partial charge in [-0.3, -0.25) is 4.90 Å².